The van der Waals surface area contributed by atoms with Crippen LogP contribution in [0, 0.1) is 0 Å². The molecule has 2 aromatic carbocycles. The predicted octanol–water partition coefficient (Wildman–Crippen LogP) is 3.58. The molecule has 3 nitrogen and oxygen atoms in total. The van der Waals surface area contributed by atoms with Gasteiger partial charge in [0.25, 0.3) is 0 Å². The summed E-state index contributed by atoms with van der Waals surface area (Å²) in [6, 6.07) is 14.5. The lowest BCUT2D eigenvalue weighted by atomic mass is 9.92. The van der Waals surface area contributed by atoms with Crippen LogP contribution in [0.1, 0.15) is 29.7 Å². The molecule has 1 atom stereocenters. The fourth-order valence-electron chi connectivity index (χ4n) is 2.68. The minimum absolute atomic E-state index is 0.0752. The summed E-state index contributed by atoms with van der Waals surface area (Å²) in [5, 5.41) is 3.40. The number of hydrogen-bond acceptors (Lipinski definition) is 3. The van der Waals surface area contributed by atoms with Crippen molar-refractivity contribution in [3.8, 4) is 11.5 Å². The first-order valence-corrected chi connectivity index (χ1v) is 7.22. The second-order valence-corrected chi connectivity index (χ2v) is 4.88. The number of aryl methyl sites for hydroxylation is 1. The zero-order chi connectivity index (χ0) is 15.2. The fourth-order valence-corrected chi connectivity index (χ4v) is 2.68. The van der Waals surface area contributed by atoms with Gasteiger partial charge in [0.2, 0.25) is 0 Å². The van der Waals surface area contributed by atoms with Gasteiger partial charge in [0.05, 0.1) is 20.3 Å². The first-order chi connectivity index (χ1) is 10.2. The predicted molar refractivity (Wildman–Crippen MR) is 86.3 cm³/mol. The molecule has 0 aliphatic rings. The zero-order valence-electron chi connectivity index (χ0n) is 13.1. The third kappa shape index (κ3) is 3.19. The number of ether oxygens (including phenoxy) is 2. The number of nitrogens with one attached hydrogen (secondary N) is 1. The minimum Gasteiger partial charge on any atom is -0.497 e. The molecule has 21 heavy (non-hydrogen) atoms. The minimum atomic E-state index is 0.0752. The van der Waals surface area contributed by atoms with Crippen molar-refractivity contribution in [3.63, 3.8) is 0 Å². The van der Waals surface area contributed by atoms with Crippen molar-refractivity contribution >= 4 is 0 Å². The van der Waals surface area contributed by atoms with Gasteiger partial charge in [-0.3, -0.25) is 0 Å². The van der Waals surface area contributed by atoms with Crippen molar-refractivity contribution in [2.24, 2.45) is 0 Å². The Bertz CT molecular complexity index is 596. The fraction of sp³-hybridized carbons (Fsp3) is 0.333. The summed E-state index contributed by atoms with van der Waals surface area (Å²) >= 11 is 0. The Morgan fingerprint density at radius 1 is 1.00 bits per heavy atom. The normalized spacial score (nSPS) is 12.0. The summed E-state index contributed by atoms with van der Waals surface area (Å²) in [4.78, 5) is 0. The Morgan fingerprint density at radius 2 is 1.76 bits per heavy atom. The average Bonchev–Trinajstić information content (AvgIpc) is 2.55. The van der Waals surface area contributed by atoms with Gasteiger partial charge in [0, 0.05) is 5.56 Å². The molecule has 3 heteroatoms. The van der Waals surface area contributed by atoms with Crippen LogP contribution in [0.3, 0.4) is 0 Å². The van der Waals surface area contributed by atoms with Crippen LogP contribution in [0.4, 0.5) is 0 Å². The van der Waals surface area contributed by atoms with E-state index in [2.05, 4.69) is 36.5 Å². The van der Waals surface area contributed by atoms with E-state index in [9.17, 15) is 0 Å². The van der Waals surface area contributed by atoms with Crippen molar-refractivity contribution in [3.05, 3.63) is 59.2 Å². The van der Waals surface area contributed by atoms with E-state index in [1.807, 2.05) is 25.2 Å². The molecule has 112 valence electrons. The Kier molecular flexibility index (Phi) is 5.23. The summed E-state index contributed by atoms with van der Waals surface area (Å²) in [5.74, 6) is 1.70. The molecule has 0 amide bonds. The highest BCUT2D eigenvalue weighted by Gasteiger charge is 2.19. The number of benzene rings is 2. The van der Waals surface area contributed by atoms with Crippen molar-refractivity contribution in [2.45, 2.75) is 19.4 Å². The average molecular weight is 285 g/mol. The smallest absolute Gasteiger partial charge is 0.124 e. The molecule has 0 saturated carbocycles. The van der Waals surface area contributed by atoms with Crippen LogP contribution in [-0.4, -0.2) is 21.3 Å². The van der Waals surface area contributed by atoms with Crippen LogP contribution >= 0.6 is 0 Å². The molecule has 0 aliphatic heterocycles. The van der Waals surface area contributed by atoms with Crippen molar-refractivity contribution in [1.82, 2.24) is 5.32 Å². The van der Waals surface area contributed by atoms with Crippen molar-refractivity contribution < 1.29 is 9.47 Å². The molecule has 0 heterocycles. The highest BCUT2D eigenvalue weighted by molar-refractivity contribution is 5.47. The Labute approximate surface area is 126 Å². The van der Waals surface area contributed by atoms with Crippen molar-refractivity contribution in [1.29, 1.82) is 0 Å². The van der Waals surface area contributed by atoms with Gasteiger partial charge >= 0.3 is 0 Å². The molecule has 0 aromatic heterocycles. The van der Waals surface area contributed by atoms with E-state index in [0.29, 0.717) is 0 Å². The highest BCUT2D eigenvalue weighted by atomic mass is 16.5. The molecule has 2 rings (SSSR count). The van der Waals surface area contributed by atoms with Gasteiger partial charge in [-0.2, -0.15) is 0 Å². The second-order valence-electron chi connectivity index (χ2n) is 4.88. The number of hydrogen-bond donors (Lipinski definition) is 1. The zero-order valence-corrected chi connectivity index (χ0v) is 13.1. The van der Waals surface area contributed by atoms with Crippen LogP contribution in [0.15, 0.2) is 42.5 Å². The lowest BCUT2D eigenvalue weighted by molar-refractivity contribution is 0.395. The van der Waals surface area contributed by atoms with Gasteiger partial charge in [-0.25, -0.2) is 0 Å². The standard InChI is InChI=1S/C18H23NO2/c1-5-13-8-6-7-9-15(13)18(19-2)16-12-14(20-3)10-11-17(16)21-4/h6-12,18-19H,5H2,1-4H3. The molecule has 0 bridgehead atoms. The van der Waals surface area contributed by atoms with Crippen LogP contribution in [0.5, 0.6) is 11.5 Å². The first-order valence-electron chi connectivity index (χ1n) is 7.22. The van der Waals surface area contributed by atoms with Crippen LogP contribution < -0.4 is 14.8 Å². The molecule has 0 saturated heterocycles. The maximum Gasteiger partial charge on any atom is 0.124 e. The Hall–Kier alpha value is -2.00. The largest absolute Gasteiger partial charge is 0.497 e. The van der Waals surface area contributed by atoms with Gasteiger partial charge in [-0.05, 0) is 42.8 Å². The molecule has 1 unspecified atom stereocenters. The van der Waals surface area contributed by atoms with Gasteiger partial charge in [-0.15, -0.1) is 0 Å². The summed E-state index contributed by atoms with van der Waals surface area (Å²) in [6.45, 7) is 2.17. The molecule has 2 aromatic rings. The van der Waals surface area contributed by atoms with E-state index in [-0.39, 0.29) is 6.04 Å². The van der Waals surface area contributed by atoms with E-state index in [0.717, 1.165) is 23.5 Å². The highest BCUT2D eigenvalue weighted by Crippen LogP contribution is 2.34. The van der Waals surface area contributed by atoms with E-state index < -0.39 is 0 Å². The molecule has 0 radical (unpaired) electrons. The Balaban J connectivity index is 2.55. The number of rotatable bonds is 6. The monoisotopic (exact) mass is 285 g/mol. The summed E-state index contributed by atoms with van der Waals surface area (Å²) in [7, 11) is 5.35. The summed E-state index contributed by atoms with van der Waals surface area (Å²) in [6.07, 6.45) is 1.00. The molecular weight excluding hydrogens is 262 g/mol. The maximum atomic E-state index is 5.53. The van der Waals surface area contributed by atoms with E-state index in [1.54, 1.807) is 14.2 Å². The Morgan fingerprint density at radius 3 is 2.38 bits per heavy atom. The summed E-state index contributed by atoms with van der Waals surface area (Å²) < 4.78 is 10.9. The molecule has 0 aliphatic carbocycles. The van der Waals surface area contributed by atoms with Gasteiger partial charge in [0.1, 0.15) is 11.5 Å². The van der Waals surface area contributed by atoms with Crippen LogP contribution in [0.25, 0.3) is 0 Å². The van der Waals surface area contributed by atoms with Crippen LogP contribution in [0.2, 0.25) is 0 Å². The van der Waals surface area contributed by atoms with Gasteiger partial charge < -0.3 is 14.8 Å². The van der Waals surface area contributed by atoms with E-state index >= 15 is 0 Å². The second kappa shape index (κ2) is 7.14. The number of methoxy groups -OCH3 is 2. The SMILES string of the molecule is CCc1ccccc1C(NC)c1cc(OC)ccc1OC. The molecule has 0 spiro atoms. The van der Waals surface area contributed by atoms with E-state index in [1.165, 1.54) is 11.1 Å². The van der Waals surface area contributed by atoms with Gasteiger partial charge in [-0.1, -0.05) is 31.2 Å². The lowest BCUT2D eigenvalue weighted by Crippen LogP contribution is -2.20. The third-order valence-electron chi connectivity index (χ3n) is 3.78. The van der Waals surface area contributed by atoms with E-state index in [4.69, 9.17) is 9.47 Å². The third-order valence-corrected chi connectivity index (χ3v) is 3.78. The topological polar surface area (TPSA) is 30.5 Å². The summed E-state index contributed by atoms with van der Waals surface area (Å²) in [5.41, 5.74) is 3.69. The lowest BCUT2D eigenvalue weighted by Gasteiger charge is -2.22. The molecular formula is C18H23NO2. The molecule has 0 fully saturated rings. The van der Waals surface area contributed by atoms with Crippen molar-refractivity contribution in [2.75, 3.05) is 21.3 Å². The quantitative estimate of drug-likeness (QED) is 0.880. The van der Waals surface area contributed by atoms with Crippen LogP contribution in [-0.2, 0) is 6.42 Å². The molecule has 1 N–H and O–H groups in total. The maximum absolute atomic E-state index is 5.53. The first kappa shape index (κ1) is 15.4. The van der Waals surface area contributed by atoms with Gasteiger partial charge in [0.15, 0.2) is 0 Å².